The lowest BCUT2D eigenvalue weighted by Gasteiger charge is -2.25. The maximum Gasteiger partial charge on any atom is 0.410 e. The molecule has 0 aromatic heterocycles. The van der Waals surface area contributed by atoms with Gasteiger partial charge in [-0.2, -0.15) is 0 Å². The van der Waals surface area contributed by atoms with Gasteiger partial charge in [0.25, 0.3) is 0 Å². The Labute approximate surface area is 150 Å². The van der Waals surface area contributed by atoms with Gasteiger partial charge in [-0.15, -0.1) is 0 Å². The third-order valence-corrected chi connectivity index (χ3v) is 4.87. The summed E-state index contributed by atoms with van der Waals surface area (Å²) >= 11 is 0. The van der Waals surface area contributed by atoms with Crippen LogP contribution < -0.4 is 0 Å². The predicted molar refractivity (Wildman–Crippen MR) is 94.9 cm³/mol. The molecule has 2 rings (SSSR count). The van der Waals surface area contributed by atoms with Crippen molar-refractivity contribution in [2.75, 3.05) is 19.6 Å². The zero-order chi connectivity index (χ0) is 18.6. The van der Waals surface area contributed by atoms with E-state index in [9.17, 15) is 14.4 Å². The van der Waals surface area contributed by atoms with Gasteiger partial charge < -0.3 is 9.64 Å². The van der Waals surface area contributed by atoms with Crippen LogP contribution in [0.4, 0.5) is 4.79 Å². The van der Waals surface area contributed by atoms with Crippen molar-refractivity contribution in [3.63, 3.8) is 0 Å². The Hall–Kier alpha value is -1.59. The zero-order valence-electron chi connectivity index (χ0n) is 16.0. The SMILES string of the molecule is CCCCCCCCN1C(=O)[C@H]2CN(C(=O)OC(C)(C)C)C[C@H]2C1=O. The molecule has 0 radical (unpaired) electrons. The first-order valence-electron chi connectivity index (χ1n) is 9.57. The maximum absolute atomic E-state index is 12.5. The number of ether oxygens (including phenoxy) is 1. The largest absolute Gasteiger partial charge is 0.444 e. The summed E-state index contributed by atoms with van der Waals surface area (Å²) in [7, 11) is 0. The molecule has 3 amide bonds. The molecule has 0 aromatic carbocycles. The monoisotopic (exact) mass is 352 g/mol. The lowest BCUT2D eigenvalue weighted by molar-refractivity contribution is -0.140. The Morgan fingerprint density at radius 1 is 1.00 bits per heavy atom. The first-order valence-corrected chi connectivity index (χ1v) is 9.57. The van der Waals surface area contributed by atoms with Crippen molar-refractivity contribution in [1.82, 2.24) is 9.80 Å². The molecule has 2 saturated heterocycles. The molecule has 2 aliphatic heterocycles. The number of hydrogen-bond acceptors (Lipinski definition) is 4. The highest BCUT2D eigenvalue weighted by Crippen LogP contribution is 2.34. The summed E-state index contributed by atoms with van der Waals surface area (Å²) in [6.45, 7) is 8.69. The molecular formula is C19H32N2O4. The fourth-order valence-corrected chi connectivity index (χ4v) is 3.56. The van der Waals surface area contributed by atoms with E-state index in [1.807, 2.05) is 0 Å². The van der Waals surface area contributed by atoms with Gasteiger partial charge in [-0.25, -0.2) is 4.79 Å². The quantitative estimate of drug-likeness (QED) is 0.521. The van der Waals surface area contributed by atoms with Gasteiger partial charge in [-0.05, 0) is 27.2 Å². The molecule has 0 aromatic rings. The second-order valence-corrected chi connectivity index (χ2v) is 8.19. The molecule has 0 aliphatic carbocycles. The van der Waals surface area contributed by atoms with E-state index in [2.05, 4.69) is 6.92 Å². The third kappa shape index (κ3) is 4.95. The van der Waals surface area contributed by atoms with Crippen molar-refractivity contribution < 1.29 is 19.1 Å². The standard InChI is InChI=1S/C19H32N2O4/c1-5-6-7-8-9-10-11-21-16(22)14-12-20(13-15(14)17(21)23)18(24)25-19(2,3)4/h14-15H,5-13H2,1-4H3/t14-,15+. The minimum absolute atomic E-state index is 0.116. The number of carbonyl (C=O) groups excluding carboxylic acids is 3. The second-order valence-electron chi connectivity index (χ2n) is 8.19. The first kappa shape index (κ1) is 19.7. The van der Waals surface area contributed by atoms with E-state index in [4.69, 9.17) is 4.74 Å². The first-order chi connectivity index (χ1) is 11.7. The average molecular weight is 352 g/mol. The van der Waals surface area contributed by atoms with Crippen LogP contribution >= 0.6 is 0 Å². The number of amides is 3. The van der Waals surface area contributed by atoms with E-state index < -0.39 is 11.7 Å². The van der Waals surface area contributed by atoms with Crippen LogP contribution in [0.5, 0.6) is 0 Å². The number of imide groups is 1. The highest BCUT2D eigenvalue weighted by Gasteiger charge is 2.53. The minimum Gasteiger partial charge on any atom is -0.444 e. The van der Waals surface area contributed by atoms with Crippen molar-refractivity contribution in [1.29, 1.82) is 0 Å². The van der Waals surface area contributed by atoms with Crippen LogP contribution in [0.3, 0.4) is 0 Å². The summed E-state index contributed by atoms with van der Waals surface area (Å²) < 4.78 is 5.35. The molecule has 6 heteroatoms. The summed E-state index contributed by atoms with van der Waals surface area (Å²) in [5, 5.41) is 0. The molecule has 142 valence electrons. The molecule has 6 nitrogen and oxygen atoms in total. The highest BCUT2D eigenvalue weighted by atomic mass is 16.6. The van der Waals surface area contributed by atoms with E-state index in [1.165, 1.54) is 29.1 Å². The summed E-state index contributed by atoms with van der Waals surface area (Å²) in [6.07, 6.45) is 6.31. The molecule has 25 heavy (non-hydrogen) atoms. The zero-order valence-corrected chi connectivity index (χ0v) is 16.0. The molecule has 0 saturated carbocycles. The van der Waals surface area contributed by atoms with Gasteiger partial charge in [0.1, 0.15) is 5.60 Å². The fourth-order valence-electron chi connectivity index (χ4n) is 3.56. The summed E-state index contributed by atoms with van der Waals surface area (Å²) in [6, 6.07) is 0. The Morgan fingerprint density at radius 2 is 1.52 bits per heavy atom. The number of unbranched alkanes of at least 4 members (excludes halogenated alkanes) is 5. The molecule has 2 heterocycles. The maximum atomic E-state index is 12.5. The summed E-state index contributed by atoms with van der Waals surface area (Å²) in [4.78, 5) is 40.2. The number of likely N-dealkylation sites (tertiary alicyclic amines) is 2. The topological polar surface area (TPSA) is 66.9 Å². The Morgan fingerprint density at radius 3 is 2.04 bits per heavy atom. The third-order valence-electron chi connectivity index (χ3n) is 4.87. The molecule has 2 aliphatic rings. The van der Waals surface area contributed by atoms with Gasteiger partial charge in [0.2, 0.25) is 11.8 Å². The van der Waals surface area contributed by atoms with E-state index in [0.717, 1.165) is 19.3 Å². The van der Waals surface area contributed by atoms with Crippen LogP contribution in [0.1, 0.15) is 66.2 Å². The van der Waals surface area contributed by atoms with Crippen LogP contribution in [0.15, 0.2) is 0 Å². The van der Waals surface area contributed by atoms with Gasteiger partial charge in [-0.1, -0.05) is 39.0 Å². The average Bonchev–Trinajstić information content (AvgIpc) is 3.04. The van der Waals surface area contributed by atoms with E-state index >= 15 is 0 Å². The predicted octanol–water partition coefficient (Wildman–Crippen LogP) is 3.20. The molecule has 2 atom stereocenters. The number of hydrogen-bond donors (Lipinski definition) is 0. The second kappa shape index (κ2) is 8.19. The number of carbonyl (C=O) groups is 3. The van der Waals surface area contributed by atoms with Crippen molar-refractivity contribution in [3.05, 3.63) is 0 Å². The Balaban J connectivity index is 1.82. The van der Waals surface area contributed by atoms with E-state index in [0.29, 0.717) is 6.54 Å². The van der Waals surface area contributed by atoms with Crippen molar-refractivity contribution >= 4 is 17.9 Å². The highest BCUT2D eigenvalue weighted by molar-refractivity contribution is 6.06. The number of fused-ring (bicyclic) bond motifs is 1. The van der Waals surface area contributed by atoms with Gasteiger partial charge in [0.15, 0.2) is 0 Å². The van der Waals surface area contributed by atoms with E-state index in [-0.39, 0.29) is 36.7 Å². The van der Waals surface area contributed by atoms with Crippen molar-refractivity contribution in [2.24, 2.45) is 11.8 Å². The van der Waals surface area contributed by atoms with Crippen LogP contribution in [-0.2, 0) is 14.3 Å². The molecule has 0 unspecified atom stereocenters. The summed E-state index contributed by atoms with van der Waals surface area (Å²) in [5.74, 6) is -1.01. The molecule has 0 bridgehead atoms. The molecule has 0 spiro atoms. The molecule has 0 N–H and O–H groups in total. The van der Waals surface area contributed by atoms with Gasteiger partial charge in [0, 0.05) is 19.6 Å². The van der Waals surface area contributed by atoms with Gasteiger partial charge >= 0.3 is 6.09 Å². The van der Waals surface area contributed by atoms with Crippen molar-refractivity contribution in [2.45, 2.75) is 71.8 Å². The van der Waals surface area contributed by atoms with Crippen LogP contribution in [0.25, 0.3) is 0 Å². The van der Waals surface area contributed by atoms with Crippen LogP contribution in [0.2, 0.25) is 0 Å². The van der Waals surface area contributed by atoms with Crippen molar-refractivity contribution in [3.8, 4) is 0 Å². The smallest absolute Gasteiger partial charge is 0.410 e. The normalized spacial score (nSPS) is 23.4. The fraction of sp³-hybridized carbons (Fsp3) is 0.842. The van der Waals surface area contributed by atoms with Crippen LogP contribution in [-0.4, -0.2) is 52.9 Å². The number of nitrogens with zero attached hydrogens (tertiary/aromatic N) is 2. The molecular weight excluding hydrogens is 320 g/mol. The lowest BCUT2D eigenvalue weighted by atomic mass is 10.00. The Bertz CT molecular complexity index is 488. The number of rotatable bonds is 7. The lowest BCUT2D eigenvalue weighted by Crippen LogP contribution is -2.40. The van der Waals surface area contributed by atoms with Gasteiger partial charge in [-0.3, -0.25) is 14.5 Å². The molecule has 2 fully saturated rings. The Kier molecular flexibility index (Phi) is 6.47. The summed E-state index contributed by atoms with van der Waals surface area (Å²) in [5.41, 5.74) is -0.577. The van der Waals surface area contributed by atoms with Crippen LogP contribution in [0, 0.1) is 11.8 Å². The van der Waals surface area contributed by atoms with Gasteiger partial charge in [0.05, 0.1) is 11.8 Å². The van der Waals surface area contributed by atoms with E-state index in [1.54, 1.807) is 20.8 Å². The minimum atomic E-state index is -0.577.